The van der Waals surface area contributed by atoms with E-state index in [1.807, 2.05) is 25.1 Å². The molecule has 0 fully saturated rings. The number of carbonyl (C=O) groups is 1. The Morgan fingerprint density at radius 2 is 1.59 bits per heavy atom. The zero-order valence-electron chi connectivity index (χ0n) is 14.3. The van der Waals surface area contributed by atoms with Gasteiger partial charge in [-0.2, -0.15) is 0 Å². The van der Waals surface area contributed by atoms with E-state index in [2.05, 4.69) is 19.1 Å². The standard InChI is InChI=1S/C10H20O2.C9H13N/c1-2-3-4-5-6-7-8-9-10(11)12;1-8(10)7-9-5-3-2-4-6-9/h2-9H2,1H3,(H,11,12);2-6,8H,7,10H2,1H3. The number of rotatable bonds is 10. The molecule has 1 unspecified atom stereocenters. The summed E-state index contributed by atoms with van der Waals surface area (Å²) in [6.45, 7) is 4.22. The Balaban J connectivity index is 0.000000406. The van der Waals surface area contributed by atoms with E-state index in [-0.39, 0.29) is 6.04 Å². The van der Waals surface area contributed by atoms with E-state index in [9.17, 15) is 4.79 Å². The van der Waals surface area contributed by atoms with Gasteiger partial charge in [-0.15, -0.1) is 0 Å². The second kappa shape index (κ2) is 14.6. The summed E-state index contributed by atoms with van der Waals surface area (Å²) in [6.07, 6.45) is 9.62. The number of unbranched alkanes of at least 4 members (excludes halogenated alkanes) is 6. The lowest BCUT2D eigenvalue weighted by atomic mass is 10.1. The largest absolute Gasteiger partial charge is 0.481 e. The van der Waals surface area contributed by atoms with Crippen LogP contribution in [0.1, 0.15) is 70.8 Å². The highest BCUT2D eigenvalue weighted by atomic mass is 16.4. The summed E-state index contributed by atoms with van der Waals surface area (Å²) in [5.41, 5.74) is 6.94. The van der Waals surface area contributed by atoms with Gasteiger partial charge in [0.25, 0.3) is 0 Å². The van der Waals surface area contributed by atoms with Crippen molar-refractivity contribution in [1.29, 1.82) is 0 Å². The lowest BCUT2D eigenvalue weighted by Gasteiger charge is -2.02. The highest BCUT2D eigenvalue weighted by Gasteiger charge is 1.96. The maximum Gasteiger partial charge on any atom is 0.303 e. The number of aliphatic carboxylic acids is 1. The van der Waals surface area contributed by atoms with Crippen LogP contribution in [0.25, 0.3) is 0 Å². The molecular weight excluding hydrogens is 274 g/mol. The smallest absolute Gasteiger partial charge is 0.303 e. The minimum atomic E-state index is -0.663. The molecule has 3 heteroatoms. The second-order valence-electron chi connectivity index (χ2n) is 5.93. The summed E-state index contributed by atoms with van der Waals surface area (Å²) in [4.78, 5) is 10.1. The molecule has 0 aliphatic rings. The quantitative estimate of drug-likeness (QED) is 0.611. The van der Waals surface area contributed by atoms with Gasteiger partial charge >= 0.3 is 5.97 Å². The van der Waals surface area contributed by atoms with E-state index >= 15 is 0 Å². The van der Waals surface area contributed by atoms with Gasteiger partial charge in [0, 0.05) is 12.5 Å². The van der Waals surface area contributed by atoms with Crippen LogP contribution in [-0.4, -0.2) is 17.1 Å². The zero-order valence-corrected chi connectivity index (χ0v) is 14.3. The van der Waals surface area contributed by atoms with Crippen molar-refractivity contribution in [2.45, 2.75) is 77.7 Å². The third-order valence-electron chi connectivity index (χ3n) is 3.39. The first-order valence-corrected chi connectivity index (χ1v) is 8.57. The van der Waals surface area contributed by atoms with Crippen molar-refractivity contribution in [1.82, 2.24) is 0 Å². The summed E-state index contributed by atoms with van der Waals surface area (Å²) in [7, 11) is 0. The van der Waals surface area contributed by atoms with Crippen molar-refractivity contribution in [2.24, 2.45) is 5.73 Å². The summed E-state index contributed by atoms with van der Waals surface area (Å²) in [5.74, 6) is -0.663. The van der Waals surface area contributed by atoms with Gasteiger partial charge in [-0.25, -0.2) is 0 Å². The fourth-order valence-corrected chi connectivity index (χ4v) is 2.22. The van der Waals surface area contributed by atoms with Crippen LogP contribution >= 0.6 is 0 Å². The molecule has 3 nitrogen and oxygen atoms in total. The third kappa shape index (κ3) is 15.0. The number of carboxylic acids is 1. The highest BCUT2D eigenvalue weighted by molar-refractivity contribution is 5.66. The Hall–Kier alpha value is -1.35. The van der Waals surface area contributed by atoms with E-state index in [0.29, 0.717) is 6.42 Å². The van der Waals surface area contributed by atoms with E-state index in [1.54, 1.807) is 0 Å². The first-order chi connectivity index (χ1) is 10.6. The maximum atomic E-state index is 10.1. The van der Waals surface area contributed by atoms with Crippen LogP contribution in [0.5, 0.6) is 0 Å². The molecule has 22 heavy (non-hydrogen) atoms. The molecule has 0 spiro atoms. The fraction of sp³-hybridized carbons (Fsp3) is 0.632. The first-order valence-electron chi connectivity index (χ1n) is 8.57. The van der Waals surface area contributed by atoms with Crippen LogP contribution in [0.4, 0.5) is 0 Å². The minimum Gasteiger partial charge on any atom is -0.481 e. The topological polar surface area (TPSA) is 63.3 Å². The van der Waals surface area contributed by atoms with Crippen molar-refractivity contribution in [3.8, 4) is 0 Å². The van der Waals surface area contributed by atoms with Crippen LogP contribution in [0.2, 0.25) is 0 Å². The minimum absolute atomic E-state index is 0.266. The van der Waals surface area contributed by atoms with Gasteiger partial charge in [-0.3, -0.25) is 4.79 Å². The monoisotopic (exact) mass is 307 g/mol. The Labute approximate surface area is 135 Å². The molecule has 0 heterocycles. The van der Waals surface area contributed by atoms with Crippen molar-refractivity contribution in [2.75, 3.05) is 0 Å². The molecule has 0 bridgehead atoms. The van der Waals surface area contributed by atoms with Gasteiger partial charge in [-0.1, -0.05) is 75.8 Å². The van der Waals surface area contributed by atoms with E-state index in [4.69, 9.17) is 10.8 Å². The number of hydrogen-bond donors (Lipinski definition) is 2. The summed E-state index contributed by atoms with van der Waals surface area (Å²) in [6, 6.07) is 10.6. The molecule has 1 aromatic carbocycles. The second-order valence-corrected chi connectivity index (χ2v) is 5.93. The SMILES string of the molecule is CC(N)Cc1ccccc1.CCCCCCCCCC(=O)O. The molecular formula is C19H33NO2. The molecule has 0 radical (unpaired) electrons. The van der Waals surface area contributed by atoms with Gasteiger partial charge in [0.1, 0.15) is 0 Å². The van der Waals surface area contributed by atoms with Crippen molar-refractivity contribution < 1.29 is 9.90 Å². The Kier molecular flexibility index (Phi) is 13.7. The van der Waals surface area contributed by atoms with Gasteiger partial charge in [-0.05, 0) is 25.3 Å². The number of carboxylic acid groups (broad SMARTS) is 1. The van der Waals surface area contributed by atoms with E-state index in [0.717, 1.165) is 19.3 Å². The third-order valence-corrected chi connectivity index (χ3v) is 3.39. The van der Waals surface area contributed by atoms with Crippen molar-refractivity contribution >= 4 is 5.97 Å². The van der Waals surface area contributed by atoms with Gasteiger partial charge < -0.3 is 10.8 Å². The molecule has 1 rings (SSSR count). The van der Waals surface area contributed by atoms with Crippen LogP contribution in [0.15, 0.2) is 30.3 Å². The Morgan fingerprint density at radius 3 is 2.09 bits per heavy atom. The predicted molar refractivity (Wildman–Crippen MR) is 94.0 cm³/mol. The van der Waals surface area contributed by atoms with E-state index < -0.39 is 5.97 Å². The summed E-state index contributed by atoms with van der Waals surface area (Å²) in [5, 5.41) is 8.35. The highest BCUT2D eigenvalue weighted by Crippen LogP contribution is 2.07. The molecule has 0 aliphatic carbocycles. The normalized spacial score (nSPS) is 11.4. The lowest BCUT2D eigenvalue weighted by molar-refractivity contribution is -0.137. The summed E-state index contributed by atoms with van der Waals surface area (Å²) < 4.78 is 0. The van der Waals surface area contributed by atoms with Crippen molar-refractivity contribution in [3.63, 3.8) is 0 Å². The average Bonchev–Trinajstić information content (AvgIpc) is 2.47. The number of benzene rings is 1. The Bertz CT molecular complexity index is 363. The molecule has 0 aromatic heterocycles. The first kappa shape index (κ1) is 20.6. The fourth-order valence-electron chi connectivity index (χ4n) is 2.22. The van der Waals surface area contributed by atoms with Gasteiger partial charge in [0.15, 0.2) is 0 Å². The lowest BCUT2D eigenvalue weighted by Crippen LogP contribution is -2.17. The van der Waals surface area contributed by atoms with Crippen LogP contribution in [0, 0.1) is 0 Å². The van der Waals surface area contributed by atoms with E-state index in [1.165, 1.54) is 37.7 Å². The number of nitrogens with two attached hydrogens (primary N) is 1. The van der Waals surface area contributed by atoms with Gasteiger partial charge in [0.2, 0.25) is 0 Å². The molecule has 1 aromatic rings. The zero-order chi connectivity index (χ0) is 16.6. The summed E-state index contributed by atoms with van der Waals surface area (Å²) >= 11 is 0. The van der Waals surface area contributed by atoms with Crippen LogP contribution < -0.4 is 5.73 Å². The predicted octanol–water partition coefficient (Wildman–Crippen LogP) is 4.79. The molecule has 0 aliphatic heterocycles. The molecule has 3 N–H and O–H groups in total. The molecule has 0 amide bonds. The van der Waals surface area contributed by atoms with Crippen molar-refractivity contribution in [3.05, 3.63) is 35.9 Å². The van der Waals surface area contributed by atoms with Crippen LogP contribution in [0.3, 0.4) is 0 Å². The molecule has 126 valence electrons. The number of hydrogen-bond acceptors (Lipinski definition) is 2. The maximum absolute atomic E-state index is 10.1. The molecule has 0 saturated carbocycles. The molecule has 1 atom stereocenters. The Morgan fingerprint density at radius 1 is 1.05 bits per heavy atom. The van der Waals surface area contributed by atoms with Crippen LogP contribution in [-0.2, 0) is 11.2 Å². The molecule has 0 saturated heterocycles. The van der Waals surface area contributed by atoms with Gasteiger partial charge in [0.05, 0.1) is 0 Å². The average molecular weight is 307 g/mol.